The smallest absolute Gasteiger partial charge is 0.286 e. The van der Waals surface area contributed by atoms with Crippen LogP contribution < -0.4 is 10.1 Å². The number of aromatic nitrogens is 2. The third kappa shape index (κ3) is 4.27. The number of amides is 1. The summed E-state index contributed by atoms with van der Waals surface area (Å²) in [5.41, 5.74) is 1.24. The Morgan fingerprint density at radius 2 is 1.93 bits per heavy atom. The molecule has 6 nitrogen and oxygen atoms in total. The first-order valence-corrected chi connectivity index (χ1v) is 9.95. The largest absolute Gasteiger partial charge is 0.493 e. The standard InChI is InChI=1S/C20H13Cl2N3O3S/c1-27-16-4-2-3-11-9-14(28-17(11)16)10-15(22)19-24-25-20(29-19)18(26)23-13-7-5-12(21)6-8-13/h2-10H,1H3,(H,23,26)/b15-10-. The Labute approximate surface area is 179 Å². The van der Waals surface area contributed by atoms with E-state index in [0.717, 1.165) is 16.7 Å². The van der Waals surface area contributed by atoms with E-state index in [1.165, 1.54) is 0 Å². The minimum absolute atomic E-state index is 0.188. The van der Waals surface area contributed by atoms with Gasteiger partial charge in [0.2, 0.25) is 5.01 Å². The fraction of sp³-hybridized carbons (Fsp3) is 0.0500. The van der Waals surface area contributed by atoms with Crippen LogP contribution in [0, 0.1) is 0 Å². The van der Waals surface area contributed by atoms with Crippen LogP contribution in [0.15, 0.2) is 52.9 Å². The Morgan fingerprint density at radius 3 is 2.69 bits per heavy atom. The molecule has 0 unspecified atom stereocenters. The van der Waals surface area contributed by atoms with Crippen molar-refractivity contribution < 1.29 is 13.9 Å². The molecule has 0 spiro atoms. The third-order valence-corrected chi connectivity index (χ3v) is 5.55. The second kappa shape index (κ2) is 8.24. The highest BCUT2D eigenvalue weighted by molar-refractivity contribution is 7.15. The Kier molecular flexibility index (Phi) is 5.53. The highest BCUT2D eigenvalue weighted by Crippen LogP contribution is 2.32. The molecule has 2 heterocycles. The van der Waals surface area contributed by atoms with Crippen LogP contribution in [-0.2, 0) is 0 Å². The molecule has 0 aliphatic heterocycles. The summed E-state index contributed by atoms with van der Waals surface area (Å²) < 4.78 is 11.1. The van der Waals surface area contributed by atoms with E-state index in [1.807, 2.05) is 24.3 Å². The number of nitrogens with one attached hydrogen (secondary N) is 1. The molecule has 146 valence electrons. The fourth-order valence-corrected chi connectivity index (χ4v) is 3.64. The lowest BCUT2D eigenvalue weighted by Gasteiger charge is -2.01. The summed E-state index contributed by atoms with van der Waals surface area (Å²) in [5, 5.41) is 13.0. The van der Waals surface area contributed by atoms with Gasteiger partial charge in [0.15, 0.2) is 16.3 Å². The second-order valence-corrected chi connectivity index (χ2v) is 7.71. The molecule has 0 bridgehead atoms. The molecule has 2 aromatic heterocycles. The number of rotatable bonds is 5. The van der Waals surface area contributed by atoms with Crippen LogP contribution in [-0.4, -0.2) is 23.2 Å². The van der Waals surface area contributed by atoms with Crippen LogP contribution in [0.25, 0.3) is 22.1 Å². The number of para-hydroxylation sites is 1. The molecule has 9 heteroatoms. The van der Waals surface area contributed by atoms with Crippen LogP contribution in [0.1, 0.15) is 20.6 Å². The average molecular weight is 446 g/mol. The van der Waals surface area contributed by atoms with E-state index in [1.54, 1.807) is 37.5 Å². The average Bonchev–Trinajstić information content (AvgIpc) is 3.36. The normalized spacial score (nSPS) is 11.6. The van der Waals surface area contributed by atoms with Gasteiger partial charge in [0.1, 0.15) is 5.76 Å². The summed E-state index contributed by atoms with van der Waals surface area (Å²) >= 11 is 13.3. The van der Waals surface area contributed by atoms with Gasteiger partial charge in [0, 0.05) is 22.2 Å². The van der Waals surface area contributed by atoms with Crippen LogP contribution in [0.4, 0.5) is 5.69 Å². The maximum atomic E-state index is 12.4. The number of nitrogens with zero attached hydrogens (tertiary/aromatic N) is 2. The van der Waals surface area contributed by atoms with Crippen molar-refractivity contribution in [3.05, 3.63) is 69.3 Å². The Balaban J connectivity index is 1.54. The SMILES string of the molecule is COc1cccc2cc(/C=C(\Cl)c3nnc(C(=O)Nc4ccc(Cl)cc4)s3)oc12. The quantitative estimate of drug-likeness (QED) is 0.411. The van der Waals surface area contributed by atoms with Crippen molar-refractivity contribution in [1.29, 1.82) is 0 Å². The number of hydrogen-bond acceptors (Lipinski definition) is 6. The fourth-order valence-electron chi connectivity index (χ4n) is 2.60. The van der Waals surface area contributed by atoms with Gasteiger partial charge < -0.3 is 14.5 Å². The molecule has 0 aliphatic carbocycles. The number of furan rings is 1. The van der Waals surface area contributed by atoms with Crippen LogP contribution >= 0.6 is 34.5 Å². The van der Waals surface area contributed by atoms with Gasteiger partial charge in [-0.2, -0.15) is 0 Å². The molecule has 1 N–H and O–H groups in total. The Hall–Kier alpha value is -2.87. The van der Waals surface area contributed by atoms with Gasteiger partial charge >= 0.3 is 0 Å². The first-order chi connectivity index (χ1) is 14.0. The van der Waals surface area contributed by atoms with E-state index in [9.17, 15) is 4.79 Å². The number of carbonyl (C=O) groups excluding carboxylic acids is 1. The highest BCUT2D eigenvalue weighted by Gasteiger charge is 2.16. The summed E-state index contributed by atoms with van der Waals surface area (Å²) in [7, 11) is 1.58. The van der Waals surface area contributed by atoms with E-state index in [4.69, 9.17) is 32.4 Å². The molecule has 2 aromatic carbocycles. The number of carbonyl (C=O) groups is 1. The van der Waals surface area contributed by atoms with Gasteiger partial charge in [-0.25, -0.2) is 0 Å². The number of fused-ring (bicyclic) bond motifs is 1. The van der Waals surface area contributed by atoms with Gasteiger partial charge in [0.05, 0.1) is 12.1 Å². The molecule has 0 saturated carbocycles. The van der Waals surface area contributed by atoms with E-state index < -0.39 is 0 Å². The molecule has 0 atom stereocenters. The number of halogens is 2. The van der Waals surface area contributed by atoms with Gasteiger partial charge in [-0.05, 0) is 36.4 Å². The summed E-state index contributed by atoms with van der Waals surface area (Å²) in [4.78, 5) is 12.4. The zero-order chi connectivity index (χ0) is 20.4. The van der Waals surface area contributed by atoms with Crippen LogP contribution in [0.5, 0.6) is 5.75 Å². The molecule has 0 fully saturated rings. The maximum Gasteiger partial charge on any atom is 0.286 e. The van der Waals surface area contributed by atoms with Crippen molar-refractivity contribution in [3.8, 4) is 5.75 Å². The zero-order valence-corrected chi connectivity index (χ0v) is 17.3. The van der Waals surface area contributed by atoms with E-state index in [2.05, 4.69) is 15.5 Å². The highest BCUT2D eigenvalue weighted by atomic mass is 35.5. The van der Waals surface area contributed by atoms with Gasteiger partial charge in [-0.15, -0.1) is 10.2 Å². The van der Waals surface area contributed by atoms with Crippen molar-refractivity contribution in [2.75, 3.05) is 12.4 Å². The van der Waals surface area contributed by atoms with Gasteiger partial charge in [-0.3, -0.25) is 4.79 Å². The lowest BCUT2D eigenvalue weighted by molar-refractivity contribution is 0.102. The first kappa shape index (κ1) is 19.4. The Bertz CT molecular complexity index is 1220. The molecule has 4 rings (SSSR count). The molecule has 1 amide bonds. The van der Waals surface area contributed by atoms with Crippen molar-refractivity contribution in [2.45, 2.75) is 0 Å². The van der Waals surface area contributed by atoms with E-state index in [0.29, 0.717) is 37.8 Å². The minimum atomic E-state index is -0.381. The molecule has 29 heavy (non-hydrogen) atoms. The second-order valence-electron chi connectivity index (χ2n) is 5.89. The molecule has 0 radical (unpaired) electrons. The molecule has 0 aliphatic rings. The third-order valence-electron chi connectivity index (χ3n) is 3.94. The minimum Gasteiger partial charge on any atom is -0.493 e. The number of benzene rings is 2. The van der Waals surface area contributed by atoms with Crippen LogP contribution in [0.3, 0.4) is 0 Å². The maximum absolute atomic E-state index is 12.4. The summed E-state index contributed by atoms with van der Waals surface area (Å²) in [6.07, 6.45) is 1.63. The molecular weight excluding hydrogens is 433 g/mol. The van der Waals surface area contributed by atoms with Crippen LogP contribution in [0.2, 0.25) is 5.02 Å². The monoisotopic (exact) mass is 445 g/mol. The number of methoxy groups -OCH3 is 1. The molecular formula is C20H13Cl2N3O3S. The summed E-state index contributed by atoms with van der Waals surface area (Å²) in [6.45, 7) is 0. The summed E-state index contributed by atoms with van der Waals surface area (Å²) in [5.74, 6) is 0.793. The van der Waals surface area contributed by atoms with Gasteiger partial charge in [0.25, 0.3) is 5.91 Å². The lowest BCUT2D eigenvalue weighted by atomic mass is 10.2. The predicted octanol–water partition coefficient (Wildman–Crippen LogP) is 5.94. The molecule has 4 aromatic rings. The topological polar surface area (TPSA) is 77.2 Å². The van der Waals surface area contributed by atoms with E-state index >= 15 is 0 Å². The van der Waals surface area contributed by atoms with Crippen molar-refractivity contribution in [3.63, 3.8) is 0 Å². The van der Waals surface area contributed by atoms with Gasteiger partial charge in [-0.1, -0.05) is 46.7 Å². The first-order valence-electron chi connectivity index (χ1n) is 8.38. The zero-order valence-electron chi connectivity index (χ0n) is 15.0. The van der Waals surface area contributed by atoms with Crippen molar-refractivity contribution in [1.82, 2.24) is 10.2 Å². The van der Waals surface area contributed by atoms with Crippen molar-refractivity contribution >= 4 is 68.2 Å². The number of hydrogen-bond donors (Lipinski definition) is 1. The lowest BCUT2D eigenvalue weighted by Crippen LogP contribution is -2.11. The molecule has 0 saturated heterocycles. The Morgan fingerprint density at radius 1 is 1.17 bits per heavy atom. The van der Waals surface area contributed by atoms with Crippen molar-refractivity contribution in [2.24, 2.45) is 0 Å². The summed E-state index contributed by atoms with van der Waals surface area (Å²) in [6, 6.07) is 14.2. The predicted molar refractivity (Wildman–Crippen MR) is 116 cm³/mol. The number of ether oxygens (including phenoxy) is 1. The number of anilines is 1. The van der Waals surface area contributed by atoms with E-state index in [-0.39, 0.29) is 10.9 Å².